The molecular formula is C36H56O10. The number of carbonyl (C=O) groups is 1. The number of rotatable bonds is 4. The Labute approximate surface area is 272 Å². The van der Waals surface area contributed by atoms with Crippen molar-refractivity contribution in [3.8, 4) is 0 Å². The summed E-state index contributed by atoms with van der Waals surface area (Å²) in [6.45, 7) is 14.3. The maximum absolute atomic E-state index is 14.4. The number of aliphatic hydroxyl groups is 7. The van der Waals surface area contributed by atoms with Crippen molar-refractivity contribution in [2.75, 3.05) is 13.2 Å². The normalized spacial score (nSPS) is 55.3. The molecule has 5 fully saturated rings. The summed E-state index contributed by atoms with van der Waals surface area (Å²) in [5, 5.41) is 74.8. The smallest absolute Gasteiger partial charge is 0.315 e. The molecule has 6 aliphatic rings. The van der Waals surface area contributed by atoms with E-state index in [1.54, 1.807) is 6.92 Å². The zero-order chi connectivity index (χ0) is 33.8. The monoisotopic (exact) mass is 648 g/mol. The summed E-state index contributed by atoms with van der Waals surface area (Å²) in [5.74, 6) is -0.840. The molecule has 7 N–H and O–H groups in total. The highest BCUT2D eigenvalue weighted by Crippen LogP contribution is 2.76. The fourth-order valence-corrected chi connectivity index (χ4v) is 12.0. The van der Waals surface area contributed by atoms with Gasteiger partial charge in [0.15, 0.2) is 0 Å². The Morgan fingerprint density at radius 2 is 1.63 bits per heavy atom. The van der Waals surface area contributed by atoms with E-state index in [0.29, 0.717) is 37.7 Å². The highest BCUT2D eigenvalue weighted by Gasteiger charge is 2.71. The second kappa shape index (κ2) is 11.1. The number of carbonyl (C=O) groups excluding carboxylic acids is 1. The lowest BCUT2D eigenvalue weighted by Crippen LogP contribution is -2.68. The Kier molecular flexibility index (Phi) is 8.30. The quantitative estimate of drug-likeness (QED) is 0.177. The van der Waals surface area contributed by atoms with E-state index < -0.39 is 71.7 Å². The lowest BCUT2D eigenvalue weighted by atomic mass is 9.33. The van der Waals surface area contributed by atoms with Crippen LogP contribution in [0.25, 0.3) is 0 Å². The predicted octanol–water partition coefficient (Wildman–Crippen LogP) is 2.36. The van der Waals surface area contributed by atoms with Crippen LogP contribution in [0.5, 0.6) is 0 Å². The molecule has 10 heteroatoms. The molecular weight excluding hydrogens is 592 g/mol. The molecule has 0 aromatic rings. The van der Waals surface area contributed by atoms with Gasteiger partial charge >= 0.3 is 5.97 Å². The van der Waals surface area contributed by atoms with Crippen LogP contribution in [0.3, 0.4) is 0 Å². The van der Waals surface area contributed by atoms with Crippen molar-refractivity contribution in [1.29, 1.82) is 0 Å². The number of hydrogen-bond acceptors (Lipinski definition) is 10. The van der Waals surface area contributed by atoms with Crippen molar-refractivity contribution in [3.05, 3.63) is 23.8 Å². The first kappa shape index (κ1) is 34.5. The molecule has 46 heavy (non-hydrogen) atoms. The second-order valence-electron chi connectivity index (χ2n) is 17.0. The maximum Gasteiger partial charge on any atom is 0.315 e. The SMILES string of the molecule is C=C1CCC2(C(=O)OC3OC(CO)C(O)C(O)C3O)CCC3(C)C(=CCC4C5(C)CCC(O)C(C)(CO)C5CCC43C)C2C1(C)O. The van der Waals surface area contributed by atoms with E-state index in [4.69, 9.17) is 9.47 Å². The summed E-state index contributed by atoms with van der Waals surface area (Å²) >= 11 is 0. The van der Waals surface area contributed by atoms with Gasteiger partial charge in [-0.3, -0.25) is 4.79 Å². The molecule has 4 saturated carbocycles. The third kappa shape index (κ3) is 4.33. The molecule has 0 bridgehead atoms. The van der Waals surface area contributed by atoms with Gasteiger partial charge in [-0.25, -0.2) is 0 Å². The summed E-state index contributed by atoms with van der Waals surface area (Å²) in [6.07, 6.45) is -0.0988. The van der Waals surface area contributed by atoms with Crippen molar-refractivity contribution in [2.45, 2.75) is 135 Å². The van der Waals surface area contributed by atoms with E-state index in [1.165, 1.54) is 0 Å². The van der Waals surface area contributed by atoms with E-state index in [0.717, 1.165) is 31.3 Å². The fraction of sp³-hybridized carbons (Fsp3) is 0.861. The Morgan fingerprint density at radius 1 is 0.935 bits per heavy atom. The van der Waals surface area contributed by atoms with Gasteiger partial charge in [0.1, 0.15) is 24.4 Å². The number of ether oxygens (including phenoxy) is 2. The van der Waals surface area contributed by atoms with Gasteiger partial charge in [-0.15, -0.1) is 0 Å². The molecule has 1 aliphatic heterocycles. The molecule has 0 spiro atoms. The lowest BCUT2D eigenvalue weighted by molar-refractivity contribution is -0.298. The zero-order valence-electron chi connectivity index (χ0n) is 28.1. The standard InChI is InChI=1S/C36H56O10/c1-19-9-14-36(30(43)46-29-27(42)26(41)25(40)21(17-37)45-29)16-15-33(4)20(28(36)35(19,6)44)7-8-23-31(2)12-11-24(39)32(3,18-38)22(31)10-13-34(23,33)5/h7,21-29,37-42,44H,1,8-18H2,2-6H3. The van der Waals surface area contributed by atoms with Crippen molar-refractivity contribution in [1.82, 2.24) is 0 Å². The van der Waals surface area contributed by atoms with E-state index in [2.05, 4.69) is 33.4 Å². The average molecular weight is 649 g/mol. The molecule has 5 aliphatic carbocycles. The van der Waals surface area contributed by atoms with Gasteiger partial charge in [-0.05, 0) is 98.4 Å². The van der Waals surface area contributed by atoms with Gasteiger partial charge in [-0.1, -0.05) is 45.9 Å². The summed E-state index contributed by atoms with van der Waals surface area (Å²) in [4.78, 5) is 14.4. The number of allylic oxidation sites excluding steroid dienone is 1. The van der Waals surface area contributed by atoms with Gasteiger partial charge in [0.25, 0.3) is 0 Å². The summed E-state index contributed by atoms with van der Waals surface area (Å²) < 4.78 is 11.4. The van der Waals surface area contributed by atoms with Gasteiger partial charge in [0.2, 0.25) is 6.29 Å². The molecule has 15 unspecified atom stereocenters. The first-order valence-corrected chi connectivity index (χ1v) is 17.3. The number of fused-ring (bicyclic) bond motifs is 7. The topological polar surface area (TPSA) is 177 Å². The van der Waals surface area contributed by atoms with Crippen molar-refractivity contribution >= 4 is 5.97 Å². The van der Waals surface area contributed by atoms with E-state index in [9.17, 15) is 40.5 Å². The fourth-order valence-electron chi connectivity index (χ4n) is 12.0. The van der Waals surface area contributed by atoms with Crippen LogP contribution in [-0.2, 0) is 14.3 Å². The minimum Gasteiger partial charge on any atom is -0.432 e. The minimum absolute atomic E-state index is 0.0532. The predicted molar refractivity (Wildman–Crippen MR) is 168 cm³/mol. The molecule has 0 aromatic heterocycles. The molecule has 260 valence electrons. The van der Waals surface area contributed by atoms with Crippen LogP contribution in [0.15, 0.2) is 23.8 Å². The Balaban J connectivity index is 1.39. The molecule has 0 amide bonds. The van der Waals surface area contributed by atoms with Crippen molar-refractivity contribution < 1.29 is 50.0 Å². The van der Waals surface area contributed by atoms with Gasteiger partial charge < -0.3 is 45.2 Å². The third-order valence-electron chi connectivity index (χ3n) is 15.2. The Bertz CT molecular complexity index is 1280. The third-order valence-corrected chi connectivity index (χ3v) is 15.2. The molecule has 1 saturated heterocycles. The zero-order valence-corrected chi connectivity index (χ0v) is 28.1. The average Bonchev–Trinajstić information content (AvgIpc) is 3.01. The van der Waals surface area contributed by atoms with Crippen LogP contribution < -0.4 is 0 Å². The van der Waals surface area contributed by atoms with Crippen LogP contribution in [0, 0.1) is 44.8 Å². The van der Waals surface area contributed by atoms with E-state index >= 15 is 0 Å². The van der Waals surface area contributed by atoms with Crippen molar-refractivity contribution in [2.24, 2.45) is 44.8 Å². The van der Waals surface area contributed by atoms with Crippen LogP contribution in [0.1, 0.15) is 92.4 Å². The number of hydrogen-bond donors (Lipinski definition) is 7. The van der Waals surface area contributed by atoms with Crippen LogP contribution in [0.4, 0.5) is 0 Å². The van der Waals surface area contributed by atoms with E-state index in [1.807, 2.05) is 6.92 Å². The minimum atomic E-state index is -1.72. The van der Waals surface area contributed by atoms with Gasteiger partial charge in [-0.2, -0.15) is 0 Å². The lowest BCUT2D eigenvalue weighted by Gasteiger charge is -2.71. The summed E-state index contributed by atoms with van der Waals surface area (Å²) in [5.41, 5.74) is -2.10. The molecule has 6 rings (SSSR count). The molecule has 1 heterocycles. The van der Waals surface area contributed by atoms with Crippen LogP contribution in [0.2, 0.25) is 0 Å². The number of aliphatic hydroxyl groups excluding tert-OH is 6. The van der Waals surface area contributed by atoms with E-state index in [-0.39, 0.29) is 34.7 Å². The summed E-state index contributed by atoms with van der Waals surface area (Å²) in [6, 6.07) is 0. The first-order chi connectivity index (χ1) is 21.4. The molecule has 10 nitrogen and oxygen atoms in total. The molecule has 15 atom stereocenters. The Morgan fingerprint density at radius 3 is 2.28 bits per heavy atom. The largest absolute Gasteiger partial charge is 0.432 e. The molecule has 0 radical (unpaired) electrons. The van der Waals surface area contributed by atoms with Gasteiger partial charge in [0.05, 0.1) is 30.3 Å². The maximum atomic E-state index is 14.4. The van der Waals surface area contributed by atoms with Gasteiger partial charge in [0, 0.05) is 11.3 Å². The first-order valence-electron chi connectivity index (χ1n) is 17.3. The highest BCUT2D eigenvalue weighted by atomic mass is 16.7. The van der Waals surface area contributed by atoms with Crippen LogP contribution in [-0.4, -0.2) is 97.3 Å². The highest BCUT2D eigenvalue weighted by molar-refractivity contribution is 5.80. The van der Waals surface area contributed by atoms with Crippen molar-refractivity contribution in [3.63, 3.8) is 0 Å². The van der Waals surface area contributed by atoms with Crippen LogP contribution >= 0.6 is 0 Å². The Hall–Kier alpha value is -1.37. The molecule has 0 aromatic carbocycles. The summed E-state index contributed by atoms with van der Waals surface area (Å²) in [7, 11) is 0. The number of esters is 1. The second-order valence-corrected chi connectivity index (χ2v) is 17.0.